The van der Waals surface area contributed by atoms with Crippen LogP contribution < -0.4 is 0 Å². The van der Waals surface area contributed by atoms with Gasteiger partial charge in [-0.25, -0.2) is 4.39 Å². The lowest BCUT2D eigenvalue weighted by Gasteiger charge is -1.99. The van der Waals surface area contributed by atoms with Crippen molar-refractivity contribution >= 4 is 15.9 Å². The van der Waals surface area contributed by atoms with Crippen LogP contribution >= 0.6 is 15.9 Å². The minimum atomic E-state index is -0.630. The Morgan fingerprint density at radius 2 is 2.25 bits per heavy atom. The van der Waals surface area contributed by atoms with E-state index in [1.54, 1.807) is 0 Å². The molecule has 2 heteroatoms. The summed E-state index contributed by atoms with van der Waals surface area (Å²) in [5, 5.41) is 0.493. The molecule has 0 heterocycles. The molecule has 0 aliphatic heterocycles. The number of hydrogen-bond acceptors (Lipinski definition) is 0. The molecule has 0 amide bonds. The second-order valence-corrected chi connectivity index (χ2v) is 2.54. The minimum Gasteiger partial charge on any atom is -0.247 e. The number of rotatable bonds is 4. The molecule has 0 unspecified atom stereocenters. The summed E-state index contributed by atoms with van der Waals surface area (Å²) in [6, 6.07) is 0. The molecular weight excluding hydrogens is 171 g/mol. The lowest BCUT2D eigenvalue weighted by atomic mass is 10.2. The molecule has 50 valence electrons. The summed E-state index contributed by atoms with van der Waals surface area (Å²) in [6.45, 7) is 2.07. The van der Waals surface area contributed by atoms with E-state index in [9.17, 15) is 4.39 Å². The monoisotopic (exact) mass is 182 g/mol. The maximum absolute atomic E-state index is 12.3. The van der Waals surface area contributed by atoms with E-state index < -0.39 is 6.17 Å². The first kappa shape index (κ1) is 8.41. The molecule has 0 saturated carbocycles. The first-order valence-electron chi connectivity index (χ1n) is 3.01. The summed E-state index contributed by atoms with van der Waals surface area (Å²) >= 11 is 3.07. The van der Waals surface area contributed by atoms with Crippen molar-refractivity contribution in [2.75, 3.05) is 5.33 Å². The van der Waals surface area contributed by atoms with Crippen LogP contribution in [0, 0.1) is 0 Å². The van der Waals surface area contributed by atoms with Gasteiger partial charge in [-0.2, -0.15) is 0 Å². The van der Waals surface area contributed by atoms with Gasteiger partial charge in [-0.05, 0) is 6.42 Å². The maximum Gasteiger partial charge on any atom is 0.110 e. The van der Waals surface area contributed by atoms with Crippen molar-refractivity contribution in [3.63, 3.8) is 0 Å². The summed E-state index contributed by atoms with van der Waals surface area (Å²) in [5.74, 6) is 0. The lowest BCUT2D eigenvalue weighted by molar-refractivity contribution is 0.341. The maximum atomic E-state index is 12.3. The van der Waals surface area contributed by atoms with Crippen molar-refractivity contribution in [3.8, 4) is 0 Å². The molecule has 0 fully saturated rings. The average Bonchev–Trinajstić information content (AvgIpc) is 1.83. The van der Waals surface area contributed by atoms with Crippen LogP contribution in [0.1, 0.15) is 26.2 Å². The molecule has 0 rings (SSSR count). The zero-order valence-corrected chi connectivity index (χ0v) is 6.75. The van der Waals surface area contributed by atoms with Gasteiger partial charge in [0, 0.05) is 5.33 Å². The third kappa shape index (κ3) is 4.57. The van der Waals surface area contributed by atoms with Crippen LogP contribution in [0.25, 0.3) is 0 Å². The van der Waals surface area contributed by atoms with Gasteiger partial charge in [0.05, 0.1) is 0 Å². The van der Waals surface area contributed by atoms with Crippen LogP contribution in [0.15, 0.2) is 0 Å². The SMILES string of the molecule is CCCC[C@H](F)CBr. The van der Waals surface area contributed by atoms with Crippen LogP contribution in [-0.2, 0) is 0 Å². The second-order valence-electron chi connectivity index (χ2n) is 1.89. The second kappa shape index (κ2) is 5.54. The van der Waals surface area contributed by atoms with Gasteiger partial charge >= 0.3 is 0 Å². The highest BCUT2D eigenvalue weighted by atomic mass is 79.9. The van der Waals surface area contributed by atoms with E-state index in [1.165, 1.54) is 0 Å². The summed E-state index contributed by atoms with van der Waals surface area (Å²) in [5.41, 5.74) is 0. The van der Waals surface area contributed by atoms with Crippen LogP contribution in [0.5, 0.6) is 0 Å². The van der Waals surface area contributed by atoms with E-state index in [0.717, 1.165) is 12.8 Å². The van der Waals surface area contributed by atoms with E-state index in [0.29, 0.717) is 11.8 Å². The van der Waals surface area contributed by atoms with Crippen LogP contribution in [0.4, 0.5) is 4.39 Å². The van der Waals surface area contributed by atoms with E-state index >= 15 is 0 Å². The van der Waals surface area contributed by atoms with Crippen molar-refractivity contribution in [2.24, 2.45) is 0 Å². The third-order valence-electron chi connectivity index (χ3n) is 1.04. The minimum absolute atomic E-state index is 0.493. The van der Waals surface area contributed by atoms with Gasteiger partial charge < -0.3 is 0 Å². The quantitative estimate of drug-likeness (QED) is 0.588. The Kier molecular flexibility index (Phi) is 5.83. The van der Waals surface area contributed by atoms with E-state index in [1.807, 2.05) is 0 Å². The van der Waals surface area contributed by atoms with E-state index in [2.05, 4.69) is 22.9 Å². The molecule has 0 aliphatic carbocycles. The van der Waals surface area contributed by atoms with Gasteiger partial charge in [-0.1, -0.05) is 35.7 Å². The highest BCUT2D eigenvalue weighted by molar-refractivity contribution is 9.09. The molecule has 0 aromatic carbocycles. The normalized spacial score (nSPS) is 13.9. The van der Waals surface area contributed by atoms with E-state index in [-0.39, 0.29) is 0 Å². The molecule has 0 aromatic heterocycles. The molecular formula is C6H12BrF. The molecule has 0 spiro atoms. The highest BCUT2D eigenvalue weighted by Crippen LogP contribution is 2.06. The zero-order chi connectivity index (χ0) is 6.41. The Morgan fingerprint density at radius 1 is 1.62 bits per heavy atom. The first-order valence-corrected chi connectivity index (χ1v) is 4.13. The van der Waals surface area contributed by atoms with Crippen molar-refractivity contribution in [3.05, 3.63) is 0 Å². The predicted octanol–water partition coefficient (Wildman–Crippen LogP) is 2.91. The Hall–Kier alpha value is 0.410. The number of halogens is 2. The third-order valence-corrected chi connectivity index (χ3v) is 1.74. The number of hydrogen-bond donors (Lipinski definition) is 0. The van der Waals surface area contributed by atoms with Crippen LogP contribution in [0.2, 0.25) is 0 Å². The molecule has 0 aliphatic rings. The van der Waals surface area contributed by atoms with E-state index in [4.69, 9.17) is 0 Å². The number of alkyl halides is 2. The van der Waals surface area contributed by atoms with Gasteiger partial charge in [0.2, 0.25) is 0 Å². The molecule has 0 radical (unpaired) electrons. The van der Waals surface area contributed by atoms with Gasteiger partial charge in [0.15, 0.2) is 0 Å². The van der Waals surface area contributed by atoms with Gasteiger partial charge in [0.25, 0.3) is 0 Å². The predicted molar refractivity (Wildman–Crippen MR) is 38.2 cm³/mol. The molecule has 0 nitrogen and oxygen atoms in total. The topological polar surface area (TPSA) is 0 Å². The molecule has 0 N–H and O–H groups in total. The summed E-state index contributed by atoms with van der Waals surface area (Å²) in [7, 11) is 0. The Bertz CT molecular complexity index is 47.8. The van der Waals surface area contributed by atoms with Crippen molar-refractivity contribution in [2.45, 2.75) is 32.4 Å². The smallest absolute Gasteiger partial charge is 0.110 e. The van der Waals surface area contributed by atoms with Crippen LogP contribution in [0.3, 0.4) is 0 Å². The Labute approximate surface area is 58.6 Å². The van der Waals surface area contributed by atoms with Crippen molar-refractivity contribution < 1.29 is 4.39 Å². The lowest BCUT2D eigenvalue weighted by Crippen LogP contribution is -1.99. The fraction of sp³-hybridized carbons (Fsp3) is 1.00. The Morgan fingerprint density at radius 3 is 2.62 bits per heavy atom. The summed E-state index contributed by atoms with van der Waals surface area (Å²) < 4.78 is 12.3. The van der Waals surface area contributed by atoms with Crippen molar-refractivity contribution in [1.82, 2.24) is 0 Å². The van der Waals surface area contributed by atoms with Gasteiger partial charge in [0.1, 0.15) is 6.17 Å². The largest absolute Gasteiger partial charge is 0.247 e. The van der Waals surface area contributed by atoms with Gasteiger partial charge in [-0.3, -0.25) is 0 Å². The fourth-order valence-electron chi connectivity index (χ4n) is 0.503. The Balaban J connectivity index is 2.86. The average molecular weight is 183 g/mol. The first-order chi connectivity index (χ1) is 3.81. The standard InChI is InChI=1S/C6H12BrF/c1-2-3-4-6(8)5-7/h6H,2-5H2,1H3/t6-/m0/s1. The highest BCUT2D eigenvalue weighted by Gasteiger charge is 2.00. The molecule has 0 saturated heterocycles. The number of unbranched alkanes of at least 4 members (excludes halogenated alkanes) is 1. The molecule has 1 atom stereocenters. The molecule has 0 bridgehead atoms. The van der Waals surface area contributed by atoms with Crippen LogP contribution in [-0.4, -0.2) is 11.5 Å². The summed E-state index contributed by atoms with van der Waals surface area (Å²) in [4.78, 5) is 0. The fourth-order valence-corrected chi connectivity index (χ4v) is 0.827. The molecule has 8 heavy (non-hydrogen) atoms. The van der Waals surface area contributed by atoms with Crippen molar-refractivity contribution in [1.29, 1.82) is 0 Å². The molecule has 0 aromatic rings. The zero-order valence-electron chi connectivity index (χ0n) is 5.16. The van der Waals surface area contributed by atoms with Gasteiger partial charge in [-0.15, -0.1) is 0 Å². The summed E-state index contributed by atoms with van der Waals surface area (Å²) in [6.07, 6.45) is 2.18.